The first-order valence-corrected chi connectivity index (χ1v) is 14.2. The molecule has 220 valence electrons. The topological polar surface area (TPSA) is 167 Å². The molecule has 12 heteroatoms. The van der Waals surface area contributed by atoms with Gasteiger partial charge in [0.15, 0.2) is 0 Å². The number of primary amides is 1. The smallest absolute Gasteiger partial charge is 0.414 e. The van der Waals surface area contributed by atoms with E-state index in [1.165, 1.54) is 24.2 Å². The maximum atomic E-state index is 12.4. The van der Waals surface area contributed by atoms with Gasteiger partial charge < -0.3 is 25.7 Å². The summed E-state index contributed by atoms with van der Waals surface area (Å²) in [4.78, 5) is 41.4. The molecule has 1 fully saturated rings. The molecule has 3 rings (SSSR count). The van der Waals surface area contributed by atoms with Gasteiger partial charge in [0.2, 0.25) is 5.96 Å². The number of carbonyl (C=O) groups excluding carboxylic acids is 3. The van der Waals surface area contributed by atoms with Crippen molar-refractivity contribution in [3.05, 3.63) is 22.6 Å². The zero-order chi connectivity index (χ0) is 29.7. The molecule has 0 aliphatic heterocycles. The van der Waals surface area contributed by atoms with Crippen molar-refractivity contribution in [3.63, 3.8) is 0 Å². The molecule has 1 aromatic heterocycles. The molecule has 40 heavy (non-hydrogen) atoms. The zero-order valence-corrected chi connectivity index (χ0v) is 25.0. The van der Waals surface area contributed by atoms with Crippen LogP contribution in [0.5, 0.6) is 5.75 Å². The summed E-state index contributed by atoms with van der Waals surface area (Å²) in [6.07, 6.45) is 3.56. The molecule has 1 aliphatic rings. The Kier molecular flexibility index (Phi) is 9.88. The molecular formula is C28H41N5O6S. The highest BCUT2D eigenvalue weighted by Crippen LogP contribution is 2.41. The normalized spacial score (nSPS) is 14.1. The predicted molar refractivity (Wildman–Crippen MR) is 157 cm³/mol. The third kappa shape index (κ3) is 9.29. The highest BCUT2D eigenvalue weighted by molar-refractivity contribution is 7.21. The van der Waals surface area contributed by atoms with Crippen LogP contribution in [0.4, 0.5) is 15.3 Å². The zero-order valence-electron chi connectivity index (χ0n) is 24.1. The molecule has 0 bridgehead atoms. The molecule has 0 radical (unpaired) electrons. The van der Waals surface area contributed by atoms with Crippen molar-refractivity contribution in [2.75, 3.05) is 18.9 Å². The molecule has 0 saturated heterocycles. The molecule has 6 N–H and O–H groups in total. The molecule has 0 atom stereocenters. The van der Waals surface area contributed by atoms with Crippen LogP contribution in [0, 0.1) is 5.92 Å². The van der Waals surface area contributed by atoms with Crippen molar-refractivity contribution in [2.24, 2.45) is 16.6 Å². The summed E-state index contributed by atoms with van der Waals surface area (Å²) in [6.45, 7) is 11.2. The minimum atomic E-state index is -0.764. The van der Waals surface area contributed by atoms with Gasteiger partial charge >= 0.3 is 12.2 Å². The van der Waals surface area contributed by atoms with E-state index in [1.54, 1.807) is 41.5 Å². The van der Waals surface area contributed by atoms with Crippen LogP contribution in [0.15, 0.2) is 17.1 Å². The van der Waals surface area contributed by atoms with E-state index in [1.807, 2.05) is 12.1 Å². The number of anilines is 1. The number of nitrogens with one attached hydrogen (secondary N) is 2. The first-order chi connectivity index (χ1) is 18.6. The average Bonchev–Trinajstić information content (AvgIpc) is 3.42. The first-order valence-electron chi connectivity index (χ1n) is 13.4. The molecule has 1 aromatic carbocycles. The van der Waals surface area contributed by atoms with E-state index in [2.05, 4.69) is 15.6 Å². The number of amides is 3. The van der Waals surface area contributed by atoms with E-state index < -0.39 is 29.3 Å². The molecule has 11 nitrogen and oxygen atoms in total. The molecule has 1 aliphatic carbocycles. The number of ether oxygens (including phenoxy) is 3. The molecule has 1 saturated carbocycles. The number of rotatable bonds is 7. The number of nitrogen functional groups attached to an aromatic ring is 1. The third-order valence-electron chi connectivity index (χ3n) is 5.93. The van der Waals surface area contributed by atoms with Crippen molar-refractivity contribution >= 4 is 51.2 Å². The maximum absolute atomic E-state index is 12.4. The fourth-order valence-electron chi connectivity index (χ4n) is 4.30. The van der Waals surface area contributed by atoms with Gasteiger partial charge in [0.25, 0.3) is 5.91 Å². The fraction of sp³-hybridized carbons (Fsp3) is 0.571. The number of hydrogen-bond acceptors (Lipinski definition) is 9. The second-order valence-corrected chi connectivity index (χ2v) is 12.9. The Balaban J connectivity index is 1.83. The van der Waals surface area contributed by atoms with Gasteiger partial charge in [-0.25, -0.2) is 9.59 Å². The van der Waals surface area contributed by atoms with E-state index in [9.17, 15) is 14.4 Å². The second-order valence-electron chi connectivity index (χ2n) is 11.9. The summed E-state index contributed by atoms with van der Waals surface area (Å²) >= 11 is 1.22. The lowest BCUT2D eigenvalue weighted by atomic mass is 10.1. The molecule has 1 heterocycles. The Hall–Kier alpha value is -3.54. The Labute approximate surface area is 239 Å². The highest BCUT2D eigenvalue weighted by atomic mass is 32.1. The number of thiophene rings is 1. The van der Waals surface area contributed by atoms with Gasteiger partial charge in [-0.15, -0.1) is 11.3 Å². The van der Waals surface area contributed by atoms with Gasteiger partial charge in [0.1, 0.15) is 21.8 Å². The second kappa shape index (κ2) is 12.8. The number of hydrogen-bond donors (Lipinski definition) is 4. The van der Waals surface area contributed by atoms with Crippen molar-refractivity contribution in [1.29, 1.82) is 0 Å². The van der Waals surface area contributed by atoms with Gasteiger partial charge in [-0.1, -0.05) is 12.8 Å². The summed E-state index contributed by atoms with van der Waals surface area (Å²) in [6, 6.07) is 3.81. The number of fused-ring (bicyclic) bond motifs is 1. The highest BCUT2D eigenvalue weighted by Gasteiger charge is 2.23. The van der Waals surface area contributed by atoms with Gasteiger partial charge in [-0.05, 0) is 84.4 Å². The van der Waals surface area contributed by atoms with E-state index in [4.69, 9.17) is 25.7 Å². The van der Waals surface area contributed by atoms with Gasteiger partial charge in [0.05, 0.1) is 17.7 Å². The summed E-state index contributed by atoms with van der Waals surface area (Å²) in [5, 5.41) is 5.64. The predicted octanol–water partition coefficient (Wildman–Crippen LogP) is 5.10. The first kappa shape index (κ1) is 31.0. The average molecular weight is 576 g/mol. The van der Waals surface area contributed by atoms with Crippen LogP contribution in [-0.4, -0.2) is 48.4 Å². The van der Waals surface area contributed by atoms with Gasteiger partial charge in [-0.3, -0.25) is 20.4 Å². The third-order valence-corrected chi connectivity index (χ3v) is 7.10. The van der Waals surface area contributed by atoms with Gasteiger partial charge in [0, 0.05) is 11.2 Å². The Morgan fingerprint density at radius 3 is 2.10 bits per heavy atom. The number of nitrogens with zero attached hydrogens (tertiary/aromatic N) is 1. The Bertz CT molecular complexity index is 1240. The summed E-state index contributed by atoms with van der Waals surface area (Å²) in [7, 11) is 0. The quantitative estimate of drug-likeness (QED) is 0.263. The number of alkyl carbamates (subject to hydrolysis) is 2. The van der Waals surface area contributed by atoms with Crippen LogP contribution in [0.25, 0.3) is 10.1 Å². The minimum absolute atomic E-state index is 0.0985. The number of aliphatic imine (C=N–C) groups is 1. The lowest BCUT2D eigenvalue weighted by Gasteiger charge is -2.22. The van der Waals surface area contributed by atoms with E-state index in [-0.39, 0.29) is 12.5 Å². The lowest BCUT2D eigenvalue weighted by molar-refractivity contribution is 0.0544. The van der Waals surface area contributed by atoms with Crippen molar-refractivity contribution in [1.82, 2.24) is 10.6 Å². The summed E-state index contributed by atoms with van der Waals surface area (Å²) in [5.41, 5.74) is 11.6. The molecule has 2 aromatic rings. The van der Waals surface area contributed by atoms with Crippen molar-refractivity contribution < 1.29 is 28.6 Å². The number of guanidine groups is 1. The standard InChI is InChI=1S/C28H41N5O6S/c1-27(2,3)38-25(35)32-24(33-26(36)39-28(4,5)6)31-12-11-17-13-18(37-15-16-9-7-8-10-16)20-19(14-17)40-22(21(20)29)23(30)34/h13-14,16H,7-12,15,29H2,1-6H3,(H2,30,34)(H2,31,32,33,35,36). The molecule has 3 amide bonds. The fourth-order valence-corrected chi connectivity index (χ4v) is 5.36. The van der Waals surface area contributed by atoms with E-state index >= 15 is 0 Å². The summed E-state index contributed by atoms with van der Waals surface area (Å²) in [5.74, 6) is 0.402. The monoisotopic (exact) mass is 575 g/mol. The SMILES string of the molecule is CC(C)(C)OC(=O)NC(=NCCc1cc(OCC2CCCC2)c2c(N)c(C(N)=O)sc2c1)NC(=O)OC(C)(C)C. The molecule has 0 spiro atoms. The van der Waals surface area contributed by atoms with E-state index in [0.29, 0.717) is 40.6 Å². The Morgan fingerprint density at radius 2 is 1.57 bits per heavy atom. The number of benzene rings is 1. The van der Waals surface area contributed by atoms with Crippen LogP contribution in [0.2, 0.25) is 0 Å². The van der Waals surface area contributed by atoms with Crippen LogP contribution < -0.4 is 26.8 Å². The largest absolute Gasteiger partial charge is 0.493 e. The van der Waals surface area contributed by atoms with Crippen LogP contribution >= 0.6 is 11.3 Å². The summed E-state index contributed by atoms with van der Waals surface area (Å²) < 4.78 is 17.6. The van der Waals surface area contributed by atoms with Crippen LogP contribution in [-0.2, 0) is 15.9 Å². The van der Waals surface area contributed by atoms with Crippen molar-refractivity contribution in [3.8, 4) is 5.75 Å². The minimum Gasteiger partial charge on any atom is -0.493 e. The molecule has 0 unspecified atom stereocenters. The van der Waals surface area contributed by atoms with E-state index in [0.717, 1.165) is 23.1 Å². The lowest BCUT2D eigenvalue weighted by Crippen LogP contribution is -2.47. The van der Waals surface area contributed by atoms with Crippen LogP contribution in [0.3, 0.4) is 0 Å². The maximum Gasteiger partial charge on any atom is 0.414 e. The number of nitrogens with two attached hydrogens (primary N) is 2. The van der Waals surface area contributed by atoms with Crippen molar-refractivity contribution in [2.45, 2.75) is 84.8 Å². The molecular weight excluding hydrogens is 534 g/mol. The Morgan fingerprint density at radius 1 is 1.00 bits per heavy atom. The van der Waals surface area contributed by atoms with Crippen LogP contribution in [0.1, 0.15) is 82.5 Å². The van der Waals surface area contributed by atoms with Gasteiger partial charge in [-0.2, -0.15) is 0 Å². The number of carbonyl (C=O) groups is 3.